The Hall–Kier alpha value is -0.953. The molecule has 0 aromatic rings. The Labute approximate surface area is 110 Å². The average Bonchev–Trinajstić information content (AvgIpc) is 2.29. The smallest absolute Gasteiger partial charge is 0.434 e. The number of hydrogen-bond acceptors (Lipinski definition) is 5. The van der Waals surface area contributed by atoms with Gasteiger partial charge in [-0.15, -0.1) is 0 Å². The second kappa shape index (κ2) is 8.20. The third kappa shape index (κ3) is 5.59. The van der Waals surface area contributed by atoms with Crippen LogP contribution in [0.25, 0.3) is 0 Å². The highest BCUT2D eigenvalue weighted by Crippen LogP contribution is 2.15. The Morgan fingerprint density at radius 1 is 1.33 bits per heavy atom. The summed E-state index contributed by atoms with van der Waals surface area (Å²) >= 11 is 0. The molecule has 0 fully saturated rings. The monoisotopic (exact) mass is 274 g/mol. The molecule has 104 valence electrons. The van der Waals surface area contributed by atoms with E-state index in [1.165, 1.54) is 5.70 Å². The van der Waals surface area contributed by atoms with Crippen molar-refractivity contribution in [3.8, 4) is 0 Å². The largest absolute Gasteiger partial charge is 0.531 e. The van der Waals surface area contributed by atoms with Crippen molar-refractivity contribution >= 4 is 14.8 Å². The minimum absolute atomic E-state index is 0.309. The highest BCUT2D eigenvalue weighted by atomic mass is 28.4. The van der Waals surface area contributed by atoms with Crippen LogP contribution in [0.2, 0.25) is 0 Å². The summed E-state index contributed by atoms with van der Waals surface area (Å²) in [5, 5.41) is 0. The zero-order valence-electron chi connectivity index (χ0n) is 11.5. The molecule has 0 saturated carbocycles. The van der Waals surface area contributed by atoms with Gasteiger partial charge < -0.3 is 18.0 Å². The molecule has 0 rings (SSSR count). The molecule has 0 aliphatic heterocycles. The van der Waals surface area contributed by atoms with Gasteiger partial charge in [0.25, 0.3) is 0 Å². The van der Waals surface area contributed by atoms with Gasteiger partial charge in [-0.25, -0.2) is 4.79 Å². The predicted octanol–water partition coefficient (Wildman–Crippen LogP) is 2.21. The lowest BCUT2D eigenvalue weighted by molar-refractivity contribution is -0.161. The van der Waals surface area contributed by atoms with Crippen molar-refractivity contribution in [2.45, 2.75) is 34.0 Å². The van der Waals surface area contributed by atoms with Gasteiger partial charge in [0.05, 0.1) is 0 Å². The van der Waals surface area contributed by atoms with Gasteiger partial charge in [0.1, 0.15) is 0 Å². The van der Waals surface area contributed by atoms with Crippen LogP contribution in [-0.2, 0) is 22.8 Å². The number of rotatable bonds is 9. The van der Waals surface area contributed by atoms with Crippen molar-refractivity contribution in [1.82, 2.24) is 0 Å². The van der Waals surface area contributed by atoms with Gasteiger partial charge in [0, 0.05) is 18.8 Å². The first-order chi connectivity index (χ1) is 8.40. The van der Waals surface area contributed by atoms with Crippen LogP contribution in [-0.4, -0.2) is 34.3 Å². The van der Waals surface area contributed by atoms with Crippen LogP contribution in [0.4, 0.5) is 0 Å². The van der Waals surface area contributed by atoms with Crippen LogP contribution in [0.1, 0.15) is 27.7 Å². The molecule has 18 heavy (non-hydrogen) atoms. The zero-order chi connectivity index (χ0) is 14.2. The van der Waals surface area contributed by atoms with E-state index in [0.717, 1.165) is 0 Å². The standard InChI is InChI=1S/C12H22O5Si/c1-7-14-18(9-3,15-8-2)17-11(6)16-12(13)10(4)5/h9,11H,3-4,7-8H2,1-2,5-6H3. The molecule has 0 aliphatic carbocycles. The second-order valence-electron chi connectivity index (χ2n) is 3.54. The molecular weight excluding hydrogens is 252 g/mol. The Morgan fingerprint density at radius 2 is 1.83 bits per heavy atom. The van der Waals surface area contributed by atoms with E-state index in [-0.39, 0.29) is 0 Å². The highest BCUT2D eigenvalue weighted by Gasteiger charge is 2.40. The summed E-state index contributed by atoms with van der Waals surface area (Å²) in [5.41, 5.74) is 1.83. The maximum absolute atomic E-state index is 11.3. The second-order valence-corrected chi connectivity index (χ2v) is 5.97. The molecule has 0 spiro atoms. The number of hydrogen-bond donors (Lipinski definition) is 0. The first-order valence-electron chi connectivity index (χ1n) is 5.86. The van der Waals surface area contributed by atoms with E-state index < -0.39 is 21.1 Å². The quantitative estimate of drug-likeness (QED) is 0.279. The molecule has 0 aliphatic rings. The molecule has 5 nitrogen and oxygen atoms in total. The molecule has 0 radical (unpaired) electrons. The van der Waals surface area contributed by atoms with Crippen molar-refractivity contribution in [3.63, 3.8) is 0 Å². The van der Waals surface area contributed by atoms with Crippen LogP contribution in [0.5, 0.6) is 0 Å². The summed E-state index contributed by atoms with van der Waals surface area (Å²) in [4.78, 5) is 11.3. The van der Waals surface area contributed by atoms with Crippen LogP contribution in [0.15, 0.2) is 24.4 Å². The van der Waals surface area contributed by atoms with Gasteiger partial charge in [0.15, 0.2) is 6.29 Å². The van der Waals surface area contributed by atoms with E-state index in [2.05, 4.69) is 13.2 Å². The van der Waals surface area contributed by atoms with Gasteiger partial charge in [-0.2, -0.15) is 0 Å². The normalized spacial score (nSPS) is 12.9. The number of carbonyl (C=O) groups is 1. The lowest BCUT2D eigenvalue weighted by Crippen LogP contribution is -2.47. The average molecular weight is 274 g/mol. The highest BCUT2D eigenvalue weighted by molar-refractivity contribution is 6.66. The predicted molar refractivity (Wildman–Crippen MR) is 70.7 cm³/mol. The summed E-state index contributed by atoms with van der Waals surface area (Å²) in [7, 11) is -2.98. The first kappa shape index (κ1) is 17.0. The lowest BCUT2D eigenvalue weighted by atomic mass is 10.4. The molecular formula is C12H22O5Si. The lowest BCUT2D eigenvalue weighted by Gasteiger charge is -2.28. The van der Waals surface area contributed by atoms with Crippen LogP contribution in [0.3, 0.4) is 0 Å². The maximum atomic E-state index is 11.3. The molecule has 1 unspecified atom stereocenters. The summed E-state index contributed by atoms with van der Waals surface area (Å²) in [6.07, 6.45) is -0.781. The summed E-state index contributed by atoms with van der Waals surface area (Å²) in [6, 6.07) is 0. The third-order valence-electron chi connectivity index (χ3n) is 1.89. The van der Waals surface area contributed by atoms with E-state index in [9.17, 15) is 4.79 Å². The minimum Gasteiger partial charge on any atom is -0.434 e. The van der Waals surface area contributed by atoms with E-state index in [1.807, 2.05) is 13.8 Å². The molecule has 1 atom stereocenters. The van der Waals surface area contributed by atoms with Gasteiger partial charge in [-0.1, -0.05) is 13.2 Å². The Morgan fingerprint density at radius 3 is 2.17 bits per heavy atom. The summed E-state index contributed by atoms with van der Waals surface area (Å²) < 4.78 is 21.6. The van der Waals surface area contributed by atoms with Crippen molar-refractivity contribution in [3.05, 3.63) is 24.4 Å². The van der Waals surface area contributed by atoms with Crippen LogP contribution in [0, 0.1) is 0 Å². The van der Waals surface area contributed by atoms with Gasteiger partial charge in [-0.3, -0.25) is 0 Å². The number of esters is 1. The van der Waals surface area contributed by atoms with Crippen molar-refractivity contribution < 1.29 is 22.8 Å². The van der Waals surface area contributed by atoms with Gasteiger partial charge in [0.2, 0.25) is 0 Å². The van der Waals surface area contributed by atoms with Crippen molar-refractivity contribution in [2.24, 2.45) is 0 Å². The van der Waals surface area contributed by atoms with E-state index in [1.54, 1.807) is 13.8 Å². The Kier molecular flexibility index (Phi) is 7.77. The number of carbonyl (C=O) groups excluding carboxylic acids is 1. The third-order valence-corrected chi connectivity index (χ3v) is 4.44. The topological polar surface area (TPSA) is 54.0 Å². The van der Waals surface area contributed by atoms with Crippen LogP contribution >= 0.6 is 0 Å². The molecule has 6 heteroatoms. The fraction of sp³-hybridized carbons (Fsp3) is 0.583. The summed E-state index contributed by atoms with van der Waals surface area (Å²) in [5.74, 6) is -0.512. The van der Waals surface area contributed by atoms with Crippen molar-refractivity contribution in [2.75, 3.05) is 13.2 Å². The molecule has 0 heterocycles. The van der Waals surface area contributed by atoms with Crippen LogP contribution < -0.4 is 0 Å². The maximum Gasteiger partial charge on any atom is 0.531 e. The molecule has 0 aromatic carbocycles. The Balaban J connectivity index is 4.60. The summed E-state index contributed by atoms with van der Waals surface area (Å²) in [6.45, 7) is 14.9. The van der Waals surface area contributed by atoms with Gasteiger partial charge >= 0.3 is 14.8 Å². The zero-order valence-corrected chi connectivity index (χ0v) is 12.5. The molecule has 0 bridgehead atoms. The van der Waals surface area contributed by atoms with Crippen molar-refractivity contribution in [1.29, 1.82) is 0 Å². The molecule has 0 N–H and O–H groups in total. The number of ether oxygens (including phenoxy) is 1. The van der Waals surface area contributed by atoms with E-state index in [0.29, 0.717) is 18.8 Å². The Bertz CT molecular complexity index is 297. The molecule has 0 aromatic heterocycles. The molecule has 0 saturated heterocycles. The van der Waals surface area contributed by atoms with Gasteiger partial charge in [-0.05, 0) is 33.4 Å². The molecule has 0 amide bonds. The fourth-order valence-electron chi connectivity index (χ4n) is 1.18. The first-order valence-corrected chi connectivity index (χ1v) is 7.66. The minimum atomic E-state index is -2.98. The fourth-order valence-corrected chi connectivity index (χ4v) is 3.05. The van der Waals surface area contributed by atoms with E-state index in [4.69, 9.17) is 18.0 Å². The van der Waals surface area contributed by atoms with E-state index >= 15 is 0 Å². The SMILES string of the molecule is C=C[Si](OCC)(OCC)OC(C)OC(=O)C(=C)C.